The van der Waals surface area contributed by atoms with Crippen LogP contribution in [0.1, 0.15) is 31.7 Å². The Morgan fingerprint density at radius 2 is 2.00 bits per heavy atom. The van der Waals surface area contributed by atoms with Gasteiger partial charge >= 0.3 is 5.97 Å². The fourth-order valence-corrected chi connectivity index (χ4v) is 1.72. The van der Waals surface area contributed by atoms with E-state index in [4.69, 9.17) is 4.74 Å². The summed E-state index contributed by atoms with van der Waals surface area (Å²) in [7, 11) is 3.19. The molecule has 1 unspecified atom stereocenters. The molecule has 0 bridgehead atoms. The molecule has 0 aliphatic carbocycles. The number of methoxy groups -OCH3 is 1. The number of nitrogens with zero attached hydrogens (tertiary/aromatic N) is 2. The number of carbonyl (C=O) groups is 1. The number of esters is 1. The van der Waals surface area contributed by atoms with Crippen LogP contribution in [0.2, 0.25) is 0 Å². The van der Waals surface area contributed by atoms with Gasteiger partial charge in [0.15, 0.2) is 0 Å². The highest BCUT2D eigenvalue weighted by molar-refractivity contribution is 5.78. The van der Waals surface area contributed by atoms with Crippen molar-refractivity contribution in [1.82, 2.24) is 9.97 Å². The quantitative estimate of drug-likeness (QED) is 0.764. The van der Waals surface area contributed by atoms with Gasteiger partial charge in [-0.1, -0.05) is 6.92 Å². The summed E-state index contributed by atoms with van der Waals surface area (Å²) in [5.74, 6) is 1.89. The molecule has 0 amide bonds. The predicted octanol–water partition coefficient (Wildman–Crippen LogP) is 1.75. The predicted molar refractivity (Wildman–Crippen MR) is 75.4 cm³/mol. The van der Waals surface area contributed by atoms with Crippen LogP contribution in [0, 0.1) is 6.92 Å². The van der Waals surface area contributed by atoms with Gasteiger partial charge in [0.1, 0.15) is 23.5 Å². The van der Waals surface area contributed by atoms with Crippen molar-refractivity contribution in [2.75, 3.05) is 24.8 Å². The lowest BCUT2D eigenvalue weighted by Gasteiger charge is -2.16. The lowest BCUT2D eigenvalue weighted by molar-refractivity contribution is -0.141. The minimum Gasteiger partial charge on any atom is -0.467 e. The molecule has 0 saturated heterocycles. The van der Waals surface area contributed by atoms with Crippen LogP contribution in [0.3, 0.4) is 0 Å². The second-order valence-corrected chi connectivity index (χ2v) is 4.35. The van der Waals surface area contributed by atoms with Crippen LogP contribution in [0.5, 0.6) is 0 Å². The summed E-state index contributed by atoms with van der Waals surface area (Å²) in [5, 5.41) is 6.11. The normalized spacial score (nSPS) is 11.8. The molecule has 0 aromatic carbocycles. The van der Waals surface area contributed by atoms with Crippen LogP contribution in [-0.2, 0) is 16.0 Å². The molecule has 0 radical (unpaired) electrons. The van der Waals surface area contributed by atoms with E-state index in [-0.39, 0.29) is 5.97 Å². The van der Waals surface area contributed by atoms with E-state index in [2.05, 4.69) is 27.5 Å². The van der Waals surface area contributed by atoms with Crippen molar-refractivity contribution in [2.45, 2.75) is 39.7 Å². The van der Waals surface area contributed by atoms with E-state index >= 15 is 0 Å². The van der Waals surface area contributed by atoms with Crippen LogP contribution in [0.15, 0.2) is 0 Å². The molecular weight excluding hydrogens is 244 g/mol. The third-order valence-corrected chi connectivity index (χ3v) is 2.81. The molecule has 0 saturated carbocycles. The van der Waals surface area contributed by atoms with Crippen molar-refractivity contribution < 1.29 is 9.53 Å². The average Bonchev–Trinajstić information content (AvgIpc) is 2.41. The first kappa shape index (κ1) is 15.2. The van der Waals surface area contributed by atoms with Crippen molar-refractivity contribution in [3.8, 4) is 0 Å². The summed E-state index contributed by atoms with van der Waals surface area (Å²) in [6.07, 6.45) is 1.77. The van der Waals surface area contributed by atoms with Crippen LogP contribution in [0.4, 0.5) is 11.6 Å². The summed E-state index contributed by atoms with van der Waals surface area (Å²) in [4.78, 5) is 20.3. The highest BCUT2D eigenvalue weighted by Gasteiger charge is 2.16. The fraction of sp³-hybridized carbons (Fsp3) is 0.615. The minimum atomic E-state index is -0.446. The van der Waals surface area contributed by atoms with Gasteiger partial charge in [0.2, 0.25) is 0 Å². The molecule has 0 spiro atoms. The Labute approximate surface area is 114 Å². The number of anilines is 2. The Kier molecular flexibility index (Phi) is 5.54. The zero-order valence-corrected chi connectivity index (χ0v) is 12.2. The van der Waals surface area contributed by atoms with E-state index in [0.29, 0.717) is 5.82 Å². The number of hydrogen-bond donors (Lipinski definition) is 2. The third kappa shape index (κ3) is 3.81. The number of ether oxygens (including phenoxy) is 1. The number of aromatic nitrogens is 2. The lowest BCUT2D eigenvalue weighted by Crippen LogP contribution is -2.28. The summed E-state index contributed by atoms with van der Waals surface area (Å²) in [6.45, 7) is 5.73. The zero-order chi connectivity index (χ0) is 14.4. The average molecular weight is 266 g/mol. The SMILES string of the molecule is CCCc1nc(NC)c(C)c(NC(C)C(=O)OC)n1. The van der Waals surface area contributed by atoms with Crippen LogP contribution >= 0.6 is 0 Å². The first-order chi connectivity index (χ1) is 9.03. The number of nitrogens with one attached hydrogen (secondary N) is 2. The van der Waals surface area contributed by atoms with Gasteiger partial charge in [-0.3, -0.25) is 0 Å². The number of carbonyl (C=O) groups excluding carboxylic acids is 1. The van der Waals surface area contributed by atoms with Crippen LogP contribution < -0.4 is 10.6 Å². The molecule has 1 aromatic heterocycles. The van der Waals surface area contributed by atoms with E-state index < -0.39 is 6.04 Å². The van der Waals surface area contributed by atoms with Gasteiger partial charge in [-0.15, -0.1) is 0 Å². The maximum atomic E-state index is 11.4. The molecular formula is C13H22N4O2. The second kappa shape index (κ2) is 6.92. The Hall–Kier alpha value is -1.85. The number of rotatable bonds is 6. The van der Waals surface area contributed by atoms with Crippen molar-refractivity contribution in [3.63, 3.8) is 0 Å². The van der Waals surface area contributed by atoms with Gasteiger partial charge in [-0.25, -0.2) is 14.8 Å². The lowest BCUT2D eigenvalue weighted by atomic mass is 10.2. The molecule has 0 aliphatic rings. The zero-order valence-electron chi connectivity index (χ0n) is 12.2. The Bertz CT molecular complexity index is 449. The van der Waals surface area contributed by atoms with Crippen molar-refractivity contribution in [1.29, 1.82) is 0 Å². The van der Waals surface area contributed by atoms with E-state index in [1.54, 1.807) is 6.92 Å². The summed E-state index contributed by atoms with van der Waals surface area (Å²) >= 11 is 0. The molecule has 1 atom stereocenters. The maximum absolute atomic E-state index is 11.4. The summed E-state index contributed by atoms with van der Waals surface area (Å²) < 4.78 is 4.70. The number of hydrogen-bond acceptors (Lipinski definition) is 6. The van der Waals surface area contributed by atoms with E-state index in [9.17, 15) is 4.79 Å². The van der Waals surface area contributed by atoms with Crippen molar-refractivity contribution in [2.24, 2.45) is 0 Å². The van der Waals surface area contributed by atoms with Gasteiger partial charge in [-0.2, -0.15) is 0 Å². The van der Waals surface area contributed by atoms with Crippen molar-refractivity contribution >= 4 is 17.6 Å². The molecule has 1 heterocycles. The Morgan fingerprint density at radius 1 is 1.37 bits per heavy atom. The molecule has 106 valence electrons. The molecule has 6 heteroatoms. The van der Waals surface area contributed by atoms with E-state index in [1.807, 2.05) is 14.0 Å². The standard InChI is InChI=1S/C13H22N4O2/c1-6-7-10-16-11(14-4)8(2)12(17-10)15-9(3)13(18)19-5/h9H,6-7H2,1-5H3,(H2,14,15,16,17). The summed E-state index contributed by atoms with van der Waals surface area (Å²) in [5.41, 5.74) is 0.887. The summed E-state index contributed by atoms with van der Waals surface area (Å²) in [6, 6.07) is -0.446. The van der Waals surface area contributed by atoms with Gasteiger partial charge in [0, 0.05) is 19.0 Å². The molecule has 0 aliphatic heterocycles. The second-order valence-electron chi connectivity index (χ2n) is 4.35. The fourth-order valence-electron chi connectivity index (χ4n) is 1.72. The monoisotopic (exact) mass is 266 g/mol. The first-order valence-corrected chi connectivity index (χ1v) is 6.43. The molecule has 1 aromatic rings. The smallest absolute Gasteiger partial charge is 0.328 e. The van der Waals surface area contributed by atoms with Crippen LogP contribution in [-0.4, -0.2) is 36.1 Å². The first-order valence-electron chi connectivity index (χ1n) is 6.43. The number of aryl methyl sites for hydroxylation is 1. The van der Waals surface area contributed by atoms with Crippen LogP contribution in [0.25, 0.3) is 0 Å². The van der Waals surface area contributed by atoms with Gasteiger partial charge in [-0.05, 0) is 20.3 Å². The topological polar surface area (TPSA) is 76.1 Å². The van der Waals surface area contributed by atoms with Gasteiger partial charge < -0.3 is 15.4 Å². The maximum Gasteiger partial charge on any atom is 0.328 e. The van der Waals surface area contributed by atoms with Gasteiger partial charge in [0.25, 0.3) is 0 Å². The molecule has 2 N–H and O–H groups in total. The van der Waals surface area contributed by atoms with E-state index in [0.717, 1.165) is 30.0 Å². The Balaban J connectivity index is 3.04. The molecule has 1 rings (SSSR count). The largest absolute Gasteiger partial charge is 0.467 e. The van der Waals surface area contributed by atoms with Crippen molar-refractivity contribution in [3.05, 3.63) is 11.4 Å². The molecule has 0 fully saturated rings. The highest BCUT2D eigenvalue weighted by atomic mass is 16.5. The molecule has 19 heavy (non-hydrogen) atoms. The molecule has 6 nitrogen and oxygen atoms in total. The van der Waals surface area contributed by atoms with E-state index in [1.165, 1.54) is 7.11 Å². The highest BCUT2D eigenvalue weighted by Crippen LogP contribution is 2.20. The van der Waals surface area contributed by atoms with Gasteiger partial charge in [0.05, 0.1) is 7.11 Å². The Morgan fingerprint density at radius 3 is 2.53 bits per heavy atom. The minimum absolute atomic E-state index is 0.318. The third-order valence-electron chi connectivity index (χ3n) is 2.81.